The van der Waals surface area contributed by atoms with E-state index in [2.05, 4.69) is 5.32 Å². The van der Waals surface area contributed by atoms with Gasteiger partial charge in [0.15, 0.2) is 0 Å². The number of hydrogen-bond acceptors (Lipinski definition) is 4. The highest BCUT2D eigenvalue weighted by atomic mass is 19.1. The highest BCUT2D eigenvalue weighted by Crippen LogP contribution is 2.25. The van der Waals surface area contributed by atoms with Gasteiger partial charge in [-0.25, -0.2) is 9.18 Å². The fraction of sp³-hybridized carbons (Fsp3) is 0.160. The normalized spacial score (nSPS) is 15.2. The van der Waals surface area contributed by atoms with Gasteiger partial charge in [-0.3, -0.25) is 19.8 Å². The van der Waals surface area contributed by atoms with E-state index >= 15 is 0 Å². The van der Waals surface area contributed by atoms with Gasteiger partial charge in [-0.2, -0.15) is 0 Å². The van der Waals surface area contributed by atoms with Crippen LogP contribution >= 0.6 is 0 Å². The SMILES string of the molecule is Cc1cc(C=C2C(=O)NC(=O)N(C)C2=O)c(C)n1-c1ccc(OCc2ccccc2F)cc1. The summed E-state index contributed by atoms with van der Waals surface area (Å²) in [5, 5.41) is 2.15. The van der Waals surface area contributed by atoms with Gasteiger partial charge in [0.1, 0.15) is 23.7 Å². The highest BCUT2D eigenvalue weighted by molar-refractivity contribution is 6.30. The molecule has 0 radical (unpaired) electrons. The lowest BCUT2D eigenvalue weighted by Crippen LogP contribution is -2.52. The van der Waals surface area contributed by atoms with Crippen molar-refractivity contribution in [1.29, 1.82) is 0 Å². The van der Waals surface area contributed by atoms with E-state index in [0.29, 0.717) is 16.9 Å². The van der Waals surface area contributed by atoms with Crippen molar-refractivity contribution in [3.63, 3.8) is 0 Å². The van der Waals surface area contributed by atoms with Crippen molar-refractivity contribution in [3.05, 3.63) is 88.5 Å². The van der Waals surface area contributed by atoms with Gasteiger partial charge in [-0.15, -0.1) is 0 Å². The molecule has 168 valence electrons. The van der Waals surface area contributed by atoms with Crippen LogP contribution in [-0.4, -0.2) is 34.4 Å². The standard InChI is InChI=1S/C25H22FN3O4/c1-15-12-18(13-21-23(30)27-25(32)28(3)24(21)31)16(2)29(15)19-8-10-20(11-9-19)33-14-17-6-4-5-7-22(17)26/h4-13H,14H2,1-3H3,(H,27,30,32). The van der Waals surface area contributed by atoms with Crippen LogP contribution in [0.5, 0.6) is 5.75 Å². The molecule has 1 saturated heterocycles. The van der Waals surface area contributed by atoms with Gasteiger partial charge in [-0.05, 0) is 61.9 Å². The number of carbonyl (C=O) groups excluding carboxylic acids is 3. The Morgan fingerprint density at radius 3 is 2.42 bits per heavy atom. The molecule has 2 heterocycles. The molecule has 0 atom stereocenters. The average molecular weight is 447 g/mol. The van der Waals surface area contributed by atoms with Crippen LogP contribution in [0.3, 0.4) is 0 Å². The minimum Gasteiger partial charge on any atom is -0.489 e. The molecule has 1 N–H and O–H groups in total. The molecule has 0 aliphatic carbocycles. The van der Waals surface area contributed by atoms with Gasteiger partial charge in [-0.1, -0.05) is 18.2 Å². The maximum Gasteiger partial charge on any atom is 0.331 e. The summed E-state index contributed by atoms with van der Waals surface area (Å²) in [7, 11) is 1.32. The summed E-state index contributed by atoms with van der Waals surface area (Å²) in [5.74, 6) is -1.08. The topological polar surface area (TPSA) is 80.6 Å². The zero-order chi connectivity index (χ0) is 23.7. The minimum atomic E-state index is -0.745. The molecule has 3 aromatic rings. The maximum absolute atomic E-state index is 13.8. The summed E-state index contributed by atoms with van der Waals surface area (Å²) in [5.41, 5.74) is 3.64. The van der Waals surface area contributed by atoms with E-state index in [0.717, 1.165) is 22.0 Å². The number of amides is 4. The van der Waals surface area contributed by atoms with Crippen LogP contribution in [0.1, 0.15) is 22.5 Å². The zero-order valence-corrected chi connectivity index (χ0v) is 18.4. The lowest BCUT2D eigenvalue weighted by Gasteiger charge is -2.22. The summed E-state index contributed by atoms with van der Waals surface area (Å²) in [6.45, 7) is 3.91. The predicted molar refractivity (Wildman–Crippen MR) is 120 cm³/mol. The monoisotopic (exact) mass is 447 g/mol. The largest absolute Gasteiger partial charge is 0.489 e. The number of nitrogens with one attached hydrogen (secondary N) is 1. The van der Waals surface area contributed by atoms with E-state index in [4.69, 9.17) is 4.74 Å². The number of likely N-dealkylation sites (N-methyl/N-ethyl adjacent to an activating group) is 1. The molecular formula is C25H22FN3O4. The number of benzene rings is 2. The third-order valence-corrected chi connectivity index (χ3v) is 5.52. The molecule has 4 amide bonds. The molecule has 1 aromatic heterocycles. The van der Waals surface area contributed by atoms with Crippen molar-refractivity contribution < 1.29 is 23.5 Å². The molecule has 2 aromatic carbocycles. The molecule has 33 heavy (non-hydrogen) atoms. The molecule has 4 rings (SSSR count). The predicted octanol–water partition coefficient (Wildman–Crippen LogP) is 3.90. The van der Waals surface area contributed by atoms with Crippen molar-refractivity contribution in [2.45, 2.75) is 20.5 Å². The number of barbiturate groups is 1. The van der Waals surface area contributed by atoms with E-state index in [1.54, 1.807) is 30.3 Å². The van der Waals surface area contributed by atoms with E-state index in [-0.39, 0.29) is 18.0 Å². The first-order chi connectivity index (χ1) is 15.8. The summed E-state index contributed by atoms with van der Waals surface area (Å²) in [4.78, 5) is 37.0. The van der Waals surface area contributed by atoms with Gasteiger partial charge in [0.05, 0.1) is 0 Å². The fourth-order valence-corrected chi connectivity index (χ4v) is 3.70. The van der Waals surface area contributed by atoms with Gasteiger partial charge in [0.2, 0.25) is 0 Å². The Hall–Kier alpha value is -4.20. The number of rotatable bonds is 5. The van der Waals surface area contributed by atoms with Crippen molar-refractivity contribution in [1.82, 2.24) is 14.8 Å². The number of aromatic nitrogens is 1. The fourth-order valence-electron chi connectivity index (χ4n) is 3.70. The lowest BCUT2D eigenvalue weighted by atomic mass is 10.1. The smallest absolute Gasteiger partial charge is 0.331 e. The van der Waals surface area contributed by atoms with Crippen molar-refractivity contribution in [3.8, 4) is 11.4 Å². The lowest BCUT2D eigenvalue weighted by molar-refractivity contribution is -0.129. The third kappa shape index (κ3) is 4.27. The molecule has 0 spiro atoms. The van der Waals surface area contributed by atoms with Gasteiger partial charge in [0.25, 0.3) is 11.8 Å². The second kappa shape index (κ2) is 8.74. The van der Waals surface area contributed by atoms with Crippen LogP contribution in [0.4, 0.5) is 9.18 Å². The van der Waals surface area contributed by atoms with Crippen LogP contribution in [-0.2, 0) is 16.2 Å². The molecule has 7 nitrogen and oxygen atoms in total. The number of nitrogens with zero attached hydrogens (tertiary/aromatic N) is 2. The van der Waals surface area contributed by atoms with Crippen LogP contribution in [0.15, 0.2) is 60.2 Å². The summed E-state index contributed by atoms with van der Waals surface area (Å²) in [6, 6.07) is 14.9. The molecule has 1 aliphatic heterocycles. The summed E-state index contributed by atoms with van der Waals surface area (Å²) in [6.07, 6.45) is 1.49. The van der Waals surface area contributed by atoms with Crippen molar-refractivity contribution >= 4 is 23.9 Å². The van der Waals surface area contributed by atoms with Crippen molar-refractivity contribution in [2.75, 3.05) is 7.05 Å². The Kier molecular flexibility index (Phi) is 5.83. The Morgan fingerprint density at radius 1 is 1.03 bits per heavy atom. The van der Waals surface area contributed by atoms with Gasteiger partial charge >= 0.3 is 6.03 Å². The molecular weight excluding hydrogens is 425 g/mol. The average Bonchev–Trinajstić information content (AvgIpc) is 3.08. The quantitative estimate of drug-likeness (QED) is 0.475. The van der Waals surface area contributed by atoms with Crippen LogP contribution in [0.2, 0.25) is 0 Å². The number of carbonyl (C=O) groups is 3. The number of urea groups is 1. The Labute approximate surface area is 190 Å². The van der Waals surface area contributed by atoms with Crippen molar-refractivity contribution in [2.24, 2.45) is 0 Å². The minimum absolute atomic E-state index is 0.103. The van der Waals surface area contributed by atoms with E-state index in [1.807, 2.05) is 36.6 Å². The number of hydrogen-bond donors (Lipinski definition) is 1. The van der Waals surface area contributed by atoms with E-state index < -0.39 is 17.8 Å². The van der Waals surface area contributed by atoms with Gasteiger partial charge in [0, 0.05) is 29.7 Å². The number of aryl methyl sites for hydroxylation is 1. The first-order valence-corrected chi connectivity index (χ1v) is 10.3. The zero-order valence-electron chi connectivity index (χ0n) is 18.4. The Morgan fingerprint density at radius 2 is 1.73 bits per heavy atom. The summed E-state index contributed by atoms with van der Waals surface area (Å²) >= 11 is 0. The van der Waals surface area contributed by atoms with Gasteiger partial charge < -0.3 is 9.30 Å². The molecule has 0 saturated carbocycles. The van der Waals surface area contributed by atoms with E-state index in [9.17, 15) is 18.8 Å². The first-order valence-electron chi connectivity index (χ1n) is 10.3. The number of ether oxygens (including phenoxy) is 1. The van der Waals surface area contributed by atoms with E-state index in [1.165, 1.54) is 19.2 Å². The highest BCUT2D eigenvalue weighted by Gasteiger charge is 2.33. The molecule has 8 heteroatoms. The number of imide groups is 2. The molecule has 1 aliphatic rings. The molecule has 1 fully saturated rings. The Balaban J connectivity index is 1.57. The number of halogens is 1. The summed E-state index contributed by atoms with van der Waals surface area (Å²) < 4.78 is 21.5. The Bertz CT molecular complexity index is 1290. The molecule has 0 bridgehead atoms. The third-order valence-electron chi connectivity index (χ3n) is 5.52. The van der Waals surface area contributed by atoms with Crippen LogP contribution < -0.4 is 10.1 Å². The van der Waals surface area contributed by atoms with Crippen LogP contribution in [0.25, 0.3) is 11.8 Å². The molecule has 0 unspecified atom stereocenters. The maximum atomic E-state index is 13.8. The second-order valence-electron chi connectivity index (χ2n) is 7.72. The second-order valence-corrected chi connectivity index (χ2v) is 7.72. The first kappa shape index (κ1) is 22.0. The van der Waals surface area contributed by atoms with Crippen LogP contribution in [0, 0.1) is 19.7 Å².